The number of Topliss-reactive ketones (excluding diaryl/α,β-unsaturated/α-hetero) is 1. The summed E-state index contributed by atoms with van der Waals surface area (Å²) < 4.78 is 4.81. The van der Waals surface area contributed by atoms with Gasteiger partial charge in [-0.25, -0.2) is 0 Å². The average Bonchev–Trinajstić information content (AvgIpc) is 2.61. The molecule has 0 radical (unpaired) electrons. The predicted octanol–water partition coefficient (Wildman–Crippen LogP) is 2.00. The Balaban J connectivity index is 2.47. The number of hydrogen-bond donors (Lipinski definition) is 1. The van der Waals surface area contributed by atoms with Crippen LogP contribution >= 0.6 is 0 Å². The Morgan fingerprint density at radius 3 is 3.00 bits per heavy atom. The minimum Gasteiger partial charge on any atom is -0.377 e. The van der Waals surface area contributed by atoms with E-state index in [2.05, 4.69) is 4.98 Å². The maximum absolute atomic E-state index is 11.6. The normalized spacial score (nSPS) is 10.6. The van der Waals surface area contributed by atoms with Crippen molar-refractivity contribution in [3.05, 3.63) is 36.0 Å². The fourth-order valence-electron chi connectivity index (χ4n) is 1.51. The van der Waals surface area contributed by atoms with Crippen LogP contribution in [0.25, 0.3) is 10.9 Å². The molecular formula is C11H11NO2. The summed E-state index contributed by atoms with van der Waals surface area (Å²) in [7, 11) is 1.52. The second-order valence-corrected chi connectivity index (χ2v) is 3.10. The number of rotatable bonds is 3. The molecule has 0 amide bonds. The predicted molar refractivity (Wildman–Crippen MR) is 54.5 cm³/mol. The molecule has 0 spiro atoms. The Labute approximate surface area is 81.7 Å². The number of benzene rings is 1. The van der Waals surface area contributed by atoms with Crippen LogP contribution in [-0.2, 0) is 4.74 Å². The number of carbonyl (C=O) groups is 1. The van der Waals surface area contributed by atoms with Gasteiger partial charge in [0.2, 0.25) is 0 Å². The molecule has 2 rings (SSSR count). The first-order valence-electron chi connectivity index (χ1n) is 4.41. The Morgan fingerprint density at radius 2 is 2.21 bits per heavy atom. The van der Waals surface area contributed by atoms with Crippen molar-refractivity contribution in [3.8, 4) is 0 Å². The summed E-state index contributed by atoms with van der Waals surface area (Å²) in [4.78, 5) is 14.6. The number of methoxy groups -OCH3 is 1. The van der Waals surface area contributed by atoms with E-state index in [9.17, 15) is 4.79 Å². The number of ether oxygens (including phenoxy) is 1. The van der Waals surface area contributed by atoms with Gasteiger partial charge in [0.05, 0.1) is 0 Å². The fourth-order valence-corrected chi connectivity index (χ4v) is 1.51. The second kappa shape index (κ2) is 3.64. The van der Waals surface area contributed by atoms with Crippen LogP contribution in [0.15, 0.2) is 30.5 Å². The molecule has 0 saturated carbocycles. The molecule has 0 atom stereocenters. The molecule has 0 aliphatic rings. The van der Waals surface area contributed by atoms with Gasteiger partial charge in [-0.2, -0.15) is 0 Å². The molecule has 0 aliphatic carbocycles. The SMILES string of the molecule is COCC(=O)c1c[nH]c2ccccc12. The zero-order valence-electron chi connectivity index (χ0n) is 7.91. The van der Waals surface area contributed by atoms with E-state index >= 15 is 0 Å². The number of nitrogens with one attached hydrogen (secondary N) is 1. The zero-order chi connectivity index (χ0) is 9.97. The van der Waals surface area contributed by atoms with Crippen molar-refractivity contribution in [2.45, 2.75) is 0 Å². The van der Waals surface area contributed by atoms with Gasteiger partial charge in [-0.05, 0) is 6.07 Å². The van der Waals surface area contributed by atoms with Gasteiger partial charge < -0.3 is 9.72 Å². The van der Waals surface area contributed by atoms with Gasteiger partial charge in [0.15, 0.2) is 5.78 Å². The lowest BCUT2D eigenvalue weighted by Gasteiger charge is -1.96. The minimum absolute atomic E-state index is 0.00458. The number of para-hydroxylation sites is 1. The van der Waals surface area contributed by atoms with Crippen LogP contribution in [0.5, 0.6) is 0 Å². The molecule has 0 bridgehead atoms. The Kier molecular flexibility index (Phi) is 2.33. The van der Waals surface area contributed by atoms with Crippen molar-refractivity contribution in [3.63, 3.8) is 0 Å². The molecule has 0 fully saturated rings. The van der Waals surface area contributed by atoms with Crippen molar-refractivity contribution < 1.29 is 9.53 Å². The van der Waals surface area contributed by atoms with Gasteiger partial charge >= 0.3 is 0 Å². The first-order chi connectivity index (χ1) is 6.83. The number of hydrogen-bond acceptors (Lipinski definition) is 2. The number of H-pyrrole nitrogens is 1. The largest absolute Gasteiger partial charge is 0.377 e. The maximum Gasteiger partial charge on any atom is 0.190 e. The molecule has 0 aliphatic heterocycles. The number of fused-ring (bicyclic) bond motifs is 1. The summed E-state index contributed by atoms with van der Waals surface area (Å²) >= 11 is 0. The highest BCUT2D eigenvalue weighted by Crippen LogP contribution is 2.17. The molecule has 3 nitrogen and oxygen atoms in total. The lowest BCUT2D eigenvalue weighted by atomic mass is 10.1. The first-order valence-corrected chi connectivity index (χ1v) is 4.41. The highest BCUT2D eigenvalue weighted by Gasteiger charge is 2.10. The van der Waals surface area contributed by atoms with Gasteiger partial charge in [0.1, 0.15) is 6.61 Å². The van der Waals surface area contributed by atoms with Gasteiger partial charge in [-0.1, -0.05) is 18.2 Å². The van der Waals surface area contributed by atoms with Gasteiger partial charge in [-0.15, -0.1) is 0 Å². The smallest absolute Gasteiger partial charge is 0.190 e. The van der Waals surface area contributed by atoms with Crippen molar-refractivity contribution in [1.82, 2.24) is 4.98 Å². The molecule has 2 aromatic rings. The van der Waals surface area contributed by atoms with Crippen molar-refractivity contribution in [2.75, 3.05) is 13.7 Å². The monoisotopic (exact) mass is 189 g/mol. The van der Waals surface area contributed by atoms with E-state index < -0.39 is 0 Å². The van der Waals surface area contributed by atoms with Crippen LogP contribution in [0.1, 0.15) is 10.4 Å². The molecular weight excluding hydrogens is 178 g/mol. The summed E-state index contributed by atoms with van der Waals surface area (Å²) in [6, 6.07) is 7.72. The van der Waals surface area contributed by atoms with Gasteiger partial charge in [-0.3, -0.25) is 4.79 Å². The van der Waals surface area contributed by atoms with Crippen LogP contribution in [0, 0.1) is 0 Å². The second-order valence-electron chi connectivity index (χ2n) is 3.10. The summed E-state index contributed by atoms with van der Waals surface area (Å²) in [6.07, 6.45) is 1.73. The molecule has 1 N–H and O–H groups in total. The number of carbonyl (C=O) groups excluding carboxylic acids is 1. The van der Waals surface area contributed by atoms with Crippen molar-refractivity contribution in [2.24, 2.45) is 0 Å². The third kappa shape index (κ3) is 1.42. The van der Waals surface area contributed by atoms with E-state index in [0.717, 1.165) is 10.9 Å². The van der Waals surface area contributed by atoms with Crippen molar-refractivity contribution >= 4 is 16.7 Å². The van der Waals surface area contributed by atoms with Crippen LogP contribution in [0.2, 0.25) is 0 Å². The van der Waals surface area contributed by atoms with Crippen LogP contribution in [-0.4, -0.2) is 24.5 Å². The number of aromatic amines is 1. The lowest BCUT2D eigenvalue weighted by Crippen LogP contribution is -2.05. The summed E-state index contributed by atoms with van der Waals surface area (Å²) in [5.74, 6) is 0.00458. The Morgan fingerprint density at radius 1 is 1.43 bits per heavy atom. The molecule has 1 aromatic heterocycles. The summed E-state index contributed by atoms with van der Waals surface area (Å²) in [6.45, 7) is 0.127. The molecule has 0 saturated heterocycles. The van der Waals surface area contributed by atoms with Crippen LogP contribution < -0.4 is 0 Å². The highest BCUT2D eigenvalue weighted by atomic mass is 16.5. The van der Waals surface area contributed by atoms with E-state index in [4.69, 9.17) is 4.74 Å². The third-order valence-electron chi connectivity index (χ3n) is 2.17. The van der Waals surface area contributed by atoms with Gasteiger partial charge in [0, 0.05) is 29.8 Å². The van der Waals surface area contributed by atoms with Crippen LogP contribution in [0.3, 0.4) is 0 Å². The topological polar surface area (TPSA) is 42.1 Å². The first kappa shape index (κ1) is 8.97. The summed E-state index contributed by atoms with van der Waals surface area (Å²) in [5, 5.41) is 0.953. The van der Waals surface area contributed by atoms with Gasteiger partial charge in [0.25, 0.3) is 0 Å². The van der Waals surface area contributed by atoms with E-state index in [1.807, 2.05) is 24.3 Å². The van der Waals surface area contributed by atoms with Crippen LogP contribution in [0.4, 0.5) is 0 Å². The Bertz CT molecular complexity index is 459. The molecule has 14 heavy (non-hydrogen) atoms. The lowest BCUT2D eigenvalue weighted by molar-refractivity contribution is 0.0850. The van der Waals surface area contributed by atoms with Crippen molar-refractivity contribution in [1.29, 1.82) is 0 Å². The average molecular weight is 189 g/mol. The Hall–Kier alpha value is -1.61. The van der Waals surface area contributed by atoms with E-state index in [1.54, 1.807) is 6.20 Å². The highest BCUT2D eigenvalue weighted by molar-refractivity contribution is 6.08. The van der Waals surface area contributed by atoms with E-state index in [-0.39, 0.29) is 12.4 Å². The molecule has 1 heterocycles. The summed E-state index contributed by atoms with van der Waals surface area (Å²) in [5.41, 5.74) is 1.68. The standard InChI is InChI=1S/C11H11NO2/c1-14-7-11(13)9-6-12-10-5-3-2-4-8(9)10/h2-6,12H,7H2,1H3. The molecule has 0 unspecified atom stereocenters. The zero-order valence-corrected chi connectivity index (χ0v) is 7.91. The maximum atomic E-state index is 11.6. The fraction of sp³-hybridized carbons (Fsp3) is 0.182. The van der Waals surface area contributed by atoms with E-state index in [0.29, 0.717) is 5.56 Å². The molecule has 72 valence electrons. The quantitative estimate of drug-likeness (QED) is 0.750. The number of aromatic nitrogens is 1. The van der Waals surface area contributed by atoms with E-state index in [1.165, 1.54) is 7.11 Å². The number of ketones is 1. The molecule has 3 heteroatoms. The minimum atomic E-state index is 0.00458. The molecule has 1 aromatic carbocycles. The third-order valence-corrected chi connectivity index (χ3v) is 2.17.